The Hall–Kier alpha value is -1.42. The summed E-state index contributed by atoms with van der Waals surface area (Å²) in [5.41, 5.74) is 0.848. The van der Waals surface area contributed by atoms with Crippen LogP contribution >= 0.6 is 11.6 Å². The fraction of sp³-hybridized carbons (Fsp3) is 0.385. The Balaban J connectivity index is 2.43. The fourth-order valence-electron chi connectivity index (χ4n) is 1.80. The van der Waals surface area contributed by atoms with Gasteiger partial charge >= 0.3 is 0 Å². The summed E-state index contributed by atoms with van der Waals surface area (Å²) in [6, 6.07) is 6.25. The molecule has 0 amide bonds. The maximum atomic E-state index is 12.9. The molecule has 0 spiro atoms. The van der Waals surface area contributed by atoms with Crippen LogP contribution in [0.2, 0.25) is 0 Å². The molecule has 0 fully saturated rings. The minimum atomic E-state index is -0.258. The summed E-state index contributed by atoms with van der Waals surface area (Å²) in [6.45, 7) is 5.03. The topological polar surface area (TPSA) is 30.7 Å². The maximum Gasteiger partial charge on any atom is 0.164 e. The van der Waals surface area contributed by atoms with E-state index in [9.17, 15) is 4.39 Å². The van der Waals surface area contributed by atoms with Crippen molar-refractivity contribution in [3.05, 3.63) is 35.9 Å². The molecule has 1 aromatic carbocycles. The molecule has 5 heteroatoms. The minimum absolute atomic E-state index is 0.258. The molecule has 2 rings (SSSR count). The smallest absolute Gasteiger partial charge is 0.164 e. The molecule has 1 heterocycles. The molecular formula is C13H15ClFN3. The standard InChI is InChI=1S/C13H15ClFN3/c1-9(2)8-18-12(7-14)16-17-13(18)10-3-5-11(15)6-4-10/h3-6,9H,7-8H2,1-2H3. The summed E-state index contributed by atoms with van der Waals surface area (Å²) >= 11 is 5.86. The zero-order valence-electron chi connectivity index (χ0n) is 10.4. The first-order valence-corrected chi connectivity index (χ1v) is 6.39. The van der Waals surface area contributed by atoms with Gasteiger partial charge in [0, 0.05) is 12.1 Å². The highest BCUT2D eigenvalue weighted by molar-refractivity contribution is 6.16. The third-order valence-electron chi connectivity index (χ3n) is 2.60. The number of rotatable bonds is 4. The molecule has 2 aromatic rings. The van der Waals surface area contributed by atoms with Crippen molar-refractivity contribution in [2.24, 2.45) is 5.92 Å². The first-order chi connectivity index (χ1) is 8.61. The lowest BCUT2D eigenvalue weighted by atomic mass is 10.2. The van der Waals surface area contributed by atoms with Crippen LogP contribution in [0.4, 0.5) is 4.39 Å². The van der Waals surface area contributed by atoms with Gasteiger partial charge in [-0.3, -0.25) is 0 Å². The lowest BCUT2D eigenvalue weighted by Gasteiger charge is -2.11. The van der Waals surface area contributed by atoms with E-state index < -0.39 is 0 Å². The third-order valence-corrected chi connectivity index (χ3v) is 2.84. The van der Waals surface area contributed by atoms with Crippen LogP contribution in [-0.4, -0.2) is 14.8 Å². The van der Waals surface area contributed by atoms with Crippen molar-refractivity contribution in [3.63, 3.8) is 0 Å². The van der Waals surface area contributed by atoms with Crippen molar-refractivity contribution < 1.29 is 4.39 Å². The van der Waals surface area contributed by atoms with Crippen LogP contribution in [0.1, 0.15) is 19.7 Å². The van der Waals surface area contributed by atoms with Gasteiger partial charge in [0.2, 0.25) is 0 Å². The van der Waals surface area contributed by atoms with Gasteiger partial charge in [-0.1, -0.05) is 13.8 Å². The second-order valence-electron chi connectivity index (χ2n) is 4.58. The predicted octanol–water partition coefficient (Wildman–Crippen LogP) is 3.48. The van der Waals surface area contributed by atoms with Crippen LogP contribution in [-0.2, 0) is 12.4 Å². The third kappa shape index (κ3) is 2.70. The van der Waals surface area contributed by atoms with Crippen LogP contribution in [0.3, 0.4) is 0 Å². The molecule has 0 saturated heterocycles. The Morgan fingerprint density at radius 2 is 1.89 bits per heavy atom. The molecule has 1 aromatic heterocycles. The molecule has 0 aliphatic rings. The van der Waals surface area contributed by atoms with E-state index in [0.29, 0.717) is 11.8 Å². The summed E-state index contributed by atoms with van der Waals surface area (Å²) in [4.78, 5) is 0. The van der Waals surface area contributed by atoms with E-state index in [2.05, 4.69) is 24.0 Å². The quantitative estimate of drug-likeness (QED) is 0.794. The minimum Gasteiger partial charge on any atom is -0.310 e. The zero-order chi connectivity index (χ0) is 13.1. The Morgan fingerprint density at radius 3 is 2.44 bits per heavy atom. The lowest BCUT2D eigenvalue weighted by Crippen LogP contribution is -2.09. The molecule has 0 saturated carbocycles. The molecule has 0 aliphatic heterocycles. The zero-order valence-corrected chi connectivity index (χ0v) is 11.2. The van der Waals surface area contributed by atoms with Crippen molar-refractivity contribution in [1.82, 2.24) is 14.8 Å². The Bertz CT molecular complexity index is 520. The summed E-state index contributed by atoms with van der Waals surface area (Å²) in [7, 11) is 0. The van der Waals surface area contributed by atoms with E-state index >= 15 is 0 Å². The Morgan fingerprint density at radius 1 is 1.22 bits per heavy atom. The molecule has 0 bridgehead atoms. The van der Waals surface area contributed by atoms with E-state index in [1.165, 1.54) is 12.1 Å². The van der Waals surface area contributed by atoms with Crippen LogP contribution < -0.4 is 0 Å². The lowest BCUT2D eigenvalue weighted by molar-refractivity contribution is 0.515. The van der Waals surface area contributed by atoms with E-state index in [1.807, 2.05) is 4.57 Å². The highest BCUT2D eigenvalue weighted by atomic mass is 35.5. The predicted molar refractivity (Wildman–Crippen MR) is 69.8 cm³/mol. The van der Waals surface area contributed by atoms with Gasteiger partial charge in [-0.15, -0.1) is 21.8 Å². The SMILES string of the molecule is CC(C)Cn1c(CCl)nnc1-c1ccc(F)cc1. The molecule has 0 aliphatic carbocycles. The van der Waals surface area contributed by atoms with Crippen molar-refractivity contribution in [2.45, 2.75) is 26.3 Å². The number of alkyl halides is 1. The number of hydrogen-bond acceptors (Lipinski definition) is 2. The number of aromatic nitrogens is 3. The van der Waals surface area contributed by atoms with Gasteiger partial charge in [-0.25, -0.2) is 4.39 Å². The van der Waals surface area contributed by atoms with Crippen LogP contribution in [0.15, 0.2) is 24.3 Å². The molecular weight excluding hydrogens is 253 g/mol. The van der Waals surface area contributed by atoms with Crippen molar-refractivity contribution in [2.75, 3.05) is 0 Å². The Labute approximate surface area is 111 Å². The van der Waals surface area contributed by atoms with Crippen LogP contribution in [0.25, 0.3) is 11.4 Å². The molecule has 0 atom stereocenters. The maximum absolute atomic E-state index is 12.9. The molecule has 0 radical (unpaired) electrons. The molecule has 0 N–H and O–H groups in total. The van der Waals surface area contributed by atoms with Crippen LogP contribution in [0.5, 0.6) is 0 Å². The first-order valence-electron chi connectivity index (χ1n) is 5.85. The largest absolute Gasteiger partial charge is 0.310 e. The highest BCUT2D eigenvalue weighted by Crippen LogP contribution is 2.20. The van der Waals surface area contributed by atoms with Gasteiger partial charge in [-0.05, 0) is 30.2 Å². The normalized spacial score (nSPS) is 11.2. The molecule has 18 heavy (non-hydrogen) atoms. The second-order valence-corrected chi connectivity index (χ2v) is 4.85. The molecule has 0 unspecified atom stereocenters. The summed E-state index contributed by atoms with van der Waals surface area (Å²) in [6.07, 6.45) is 0. The van der Waals surface area contributed by atoms with Gasteiger partial charge in [0.1, 0.15) is 11.6 Å². The van der Waals surface area contributed by atoms with Crippen molar-refractivity contribution in [1.29, 1.82) is 0 Å². The van der Waals surface area contributed by atoms with Gasteiger partial charge < -0.3 is 4.57 Å². The van der Waals surface area contributed by atoms with Crippen molar-refractivity contribution >= 4 is 11.6 Å². The van der Waals surface area contributed by atoms with Gasteiger partial charge in [0.15, 0.2) is 5.82 Å². The van der Waals surface area contributed by atoms with Gasteiger partial charge in [0.05, 0.1) is 5.88 Å². The number of benzene rings is 1. The van der Waals surface area contributed by atoms with Gasteiger partial charge in [0.25, 0.3) is 0 Å². The fourth-order valence-corrected chi connectivity index (χ4v) is 2.00. The molecule has 3 nitrogen and oxygen atoms in total. The van der Waals surface area contributed by atoms with Crippen LogP contribution in [0, 0.1) is 11.7 Å². The highest BCUT2D eigenvalue weighted by Gasteiger charge is 2.14. The van der Waals surface area contributed by atoms with E-state index in [-0.39, 0.29) is 5.82 Å². The number of hydrogen-bond donors (Lipinski definition) is 0. The summed E-state index contributed by atoms with van der Waals surface area (Å²) < 4.78 is 14.9. The van der Waals surface area contributed by atoms with E-state index in [4.69, 9.17) is 11.6 Å². The summed E-state index contributed by atoms with van der Waals surface area (Å²) in [5.74, 6) is 2.00. The number of halogens is 2. The average molecular weight is 268 g/mol. The van der Waals surface area contributed by atoms with Crippen molar-refractivity contribution in [3.8, 4) is 11.4 Å². The second kappa shape index (κ2) is 5.48. The molecule has 96 valence electrons. The number of nitrogens with zero attached hydrogens (tertiary/aromatic N) is 3. The van der Waals surface area contributed by atoms with Gasteiger partial charge in [-0.2, -0.15) is 0 Å². The monoisotopic (exact) mass is 267 g/mol. The van der Waals surface area contributed by atoms with E-state index in [1.54, 1.807) is 12.1 Å². The Kier molecular flexibility index (Phi) is 3.97. The van der Waals surface area contributed by atoms with E-state index in [0.717, 1.165) is 23.8 Å². The first kappa shape index (κ1) is 13.0. The summed E-state index contributed by atoms with van der Waals surface area (Å²) in [5, 5.41) is 8.22. The average Bonchev–Trinajstić information content (AvgIpc) is 2.72.